The van der Waals surface area contributed by atoms with Crippen LogP contribution in [0.2, 0.25) is 0 Å². The molecule has 3 aromatic rings. The first-order valence-electron chi connectivity index (χ1n) is 8.41. The van der Waals surface area contributed by atoms with Gasteiger partial charge in [0.1, 0.15) is 0 Å². The first-order chi connectivity index (χ1) is 12.4. The summed E-state index contributed by atoms with van der Waals surface area (Å²) in [6, 6.07) is 32.9. The predicted molar refractivity (Wildman–Crippen MR) is 109 cm³/mol. The molecule has 0 N–H and O–H groups in total. The SMILES string of the molecule is [C-]#N.[CH2-]CCC.[Cu].[Li+].[Li+].c1cc[c]([Sn]([c]2ccccc2)[c]2ccccc2)cc1. The molecule has 0 aliphatic carbocycles. The Labute approximate surface area is 212 Å². The molecule has 0 heterocycles. The summed E-state index contributed by atoms with van der Waals surface area (Å²) in [5.41, 5.74) is 0. The Hall–Kier alpha value is -0.337. The van der Waals surface area contributed by atoms with Crippen LogP contribution in [0.5, 0.6) is 0 Å². The van der Waals surface area contributed by atoms with Crippen LogP contribution >= 0.6 is 0 Å². The quantitative estimate of drug-likeness (QED) is 0.292. The van der Waals surface area contributed by atoms with E-state index in [9.17, 15) is 0 Å². The van der Waals surface area contributed by atoms with Crippen LogP contribution in [0, 0.1) is 18.8 Å². The zero-order valence-electron chi connectivity index (χ0n) is 17.0. The Bertz CT molecular complexity index is 614. The molecule has 5 heteroatoms. The van der Waals surface area contributed by atoms with E-state index in [0.717, 1.165) is 6.42 Å². The minimum atomic E-state index is -1.98. The van der Waals surface area contributed by atoms with Crippen LogP contribution in [-0.4, -0.2) is 19.8 Å². The molecule has 0 fully saturated rings. The van der Waals surface area contributed by atoms with E-state index in [-0.39, 0.29) is 54.8 Å². The van der Waals surface area contributed by atoms with E-state index in [2.05, 4.69) is 105 Å². The summed E-state index contributed by atoms with van der Waals surface area (Å²) < 4.78 is 4.59. The number of nitrogens with zero attached hydrogens (tertiary/aromatic N) is 1. The second kappa shape index (κ2) is 21.4. The molecule has 0 atom stereocenters. The topological polar surface area (TPSA) is 23.8 Å². The van der Waals surface area contributed by atoms with E-state index in [4.69, 9.17) is 11.8 Å². The standard InChI is InChI=1S/3C6H5.C4H9.CN.Cu.2Li.Sn/c3*1-2-4-6-5-3-1;1-3-4-2;1-2;;;;/h3*1-5H;1,3-4H2,2H3;;;;;/q;;;2*-1;;2*+1;. The second-order valence-corrected chi connectivity index (χ2v) is 12.4. The summed E-state index contributed by atoms with van der Waals surface area (Å²) >= 11 is -1.98. The van der Waals surface area contributed by atoms with Crippen LogP contribution in [0.3, 0.4) is 0 Å². The van der Waals surface area contributed by atoms with Gasteiger partial charge in [-0.05, 0) is 0 Å². The zero-order chi connectivity index (χ0) is 18.3. The van der Waals surface area contributed by atoms with Crippen molar-refractivity contribution in [2.24, 2.45) is 0 Å². The first kappa shape index (κ1) is 32.3. The third-order valence-electron chi connectivity index (χ3n) is 3.54. The molecule has 0 aromatic heterocycles. The van der Waals surface area contributed by atoms with Crippen molar-refractivity contribution in [1.29, 1.82) is 5.26 Å². The van der Waals surface area contributed by atoms with Crippen molar-refractivity contribution in [3.8, 4) is 0 Å². The fraction of sp³-hybridized carbons (Fsp3) is 0.130. The van der Waals surface area contributed by atoms with Gasteiger partial charge in [0.2, 0.25) is 0 Å². The van der Waals surface area contributed by atoms with Crippen LogP contribution in [-0.2, 0) is 17.1 Å². The molecule has 28 heavy (non-hydrogen) atoms. The van der Waals surface area contributed by atoms with Crippen molar-refractivity contribution in [1.82, 2.24) is 0 Å². The molecule has 3 rings (SSSR count). The van der Waals surface area contributed by atoms with Crippen molar-refractivity contribution in [2.75, 3.05) is 0 Å². The molecule has 138 valence electrons. The summed E-state index contributed by atoms with van der Waals surface area (Å²) in [7, 11) is 0. The summed E-state index contributed by atoms with van der Waals surface area (Å²) in [6.07, 6.45) is 2.28. The zero-order valence-corrected chi connectivity index (χ0v) is 20.8. The average molecular weight is 511 g/mol. The number of rotatable bonds is 4. The van der Waals surface area contributed by atoms with Gasteiger partial charge in [0.05, 0.1) is 0 Å². The molecule has 0 saturated heterocycles. The van der Waals surface area contributed by atoms with Gasteiger partial charge < -0.3 is 18.8 Å². The van der Waals surface area contributed by atoms with Crippen LogP contribution in [0.25, 0.3) is 0 Å². The Kier molecular flexibility index (Phi) is 24.7. The van der Waals surface area contributed by atoms with Crippen LogP contribution in [0.1, 0.15) is 19.8 Å². The number of benzene rings is 3. The molecular formula is C23H24CuLi2NSn. The van der Waals surface area contributed by atoms with Gasteiger partial charge in [0.25, 0.3) is 0 Å². The molecule has 1 nitrogen and oxygen atoms in total. The normalized spacial score (nSPS) is 8.32. The molecule has 0 unspecified atom stereocenters. The van der Waals surface area contributed by atoms with E-state index < -0.39 is 19.8 Å². The maximum atomic E-state index is 6.25. The first-order valence-corrected chi connectivity index (χ1v) is 12.7. The molecule has 2 radical (unpaired) electrons. The van der Waals surface area contributed by atoms with Gasteiger partial charge in [-0.1, -0.05) is 13.3 Å². The summed E-state index contributed by atoms with van der Waals surface area (Å²) in [6.45, 7) is 10.5. The summed E-state index contributed by atoms with van der Waals surface area (Å²) in [5, 5.41) is 6.25. The van der Waals surface area contributed by atoms with E-state index in [1.54, 1.807) is 0 Å². The molecule has 0 aliphatic rings. The fourth-order valence-corrected chi connectivity index (χ4v) is 9.67. The van der Waals surface area contributed by atoms with Crippen molar-refractivity contribution in [3.05, 3.63) is 104 Å². The van der Waals surface area contributed by atoms with Crippen molar-refractivity contribution >= 4 is 30.5 Å². The Morgan fingerprint density at radius 3 is 1.07 bits per heavy atom. The van der Waals surface area contributed by atoms with Gasteiger partial charge >= 0.3 is 159 Å². The van der Waals surface area contributed by atoms with Gasteiger partial charge in [-0.3, -0.25) is 0 Å². The Balaban J connectivity index is -0.000000624. The van der Waals surface area contributed by atoms with Gasteiger partial charge in [-0.15, -0.1) is 0 Å². The van der Waals surface area contributed by atoms with Crippen LogP contribution in [0.15, 0.2) is 91.0 Å². The second-order valence-electron chi connectivity index (χ2n) is 5.33. The van der Waals surface area contributed by atoms with Gasteiger partial charge in [-0.2, -0.15) is 6.42 Å². The summed E-state index contributed by atoms with van der Waals surface area (Å²) in [4.78, 5) is 0. The monoisotopic (exact) mass is 511 g/mol. The van der Waals surface area contributed by atoms with E-state index in [0.29, 0.717) is 0 Å². The number of hydrogen-bond acceptors (Lipinski definition) is 1. The minimum absolute atomic E-state index is 0. The third kappa shape index (κ3) is 11.6. The van der Waals surface area contributed by atoms with E-state index in [1.807, 2.05) is 0 Å². The van der Waals surface area contributed by atoms with Crippen molar-refractivity contribution < 1.29 is 54.8 Å². The average Bonchev–Trinajstić information content (AvgIpc) is 2.72. The predicted octanol–water partition coefficient (Wildman–Crippen LogP) is -2.07. The fourth-order valence-electron chi connectivity index (χ4n) is 2.31. The van der Waals surface area contributed by atoms with Crippen molar-refractivity contribution in [2.45, 2.75) is 19.8 Å². The Morgan fingerprint density at radius 1 is 0.679 bits per heavy atom. The molecule has 3 aromatic carbocycles. The van der Waals surface area contributed by atoms with Crippen molar-refractivity contribution in [3.63, 3.8) is 0 Å². The third-order valence-corrected chi connectivity index (χ3v) is 11.3. The molecule has 0 saturated carbocycles. The Morgan fingerprint density at radius 2 is 0.893 bits per heavy atom. The van der Waals surface area contributed by atoms with E-state index >= 15 is 0 Å². The van der Waals surface area contributed by atoms with Gasteiger partial charge in [0.15, 0.2) is 0 Å². The van der Waals surface area contributed by atoms with Crippen LogP contribution in [0.4, 0.5) is 0 Å². The molecular weight excluding hydrogens is 486 g/mol. The van der Waals surface area contributed by atoms with Gasteiger partial charge in [-0.25, -0.2) is 0 Å². The maximum absolute atomic E-state index is 6.25. The molecule has 0 spiro atoms. The van der Waals surface area contributed by atoms with E-state index in [1.165, 1.54) is 17.2 Å². The van der Waals surface area contributed by atoms with Crippen LogP contribution < -0.4 is 48.5 Å². The van der Waals surface area contributed by atoms with Gasteiger partial charge in [0, 0.05) is 17.1 Å². The molecule has 0 amide bonds. The number of unbranched alkanes of at least 4 members (excludes halogenated alkanes) is 1. The number of hydrogen-bond donors (Lipinski definition) is 0. The summed E-state index contributed by atoms with van der Waals surface area (Å²) in [5.74, 6) is 0. The molecule has 0 bridgehead atoms. The molecule has 0 aliphatic heterocycles.